The number of benzene rings is 2. The van der Waals surface area contributed by atoms with Crippen LogP contribution in [-0.4, -0.2) is 0 Å². The van der Waals surface area contributed by atoms with E-state index in [-0.39, 0.29) is 0 Å². The Hall–Kier alpha value is -2.60. The molecule has 2 aromatic carbocycles. The lowest BCUT2D eigenvalue weighted by atomic mass is 9.63. The molecule has 0 heterocycles. The summed E-state index contributed by atoms with van der Waals surface area (Å²) in [5.74, 6) is 6.51. The Labute approximate surface area is 359 Å². The SMILES string of the molecule is CC1=C(c2c(C)c(C)c(C)c(C)c2C)C2C(C)C(C)C(CC3C(C)C(C)C4C(c5c(C)c(C)c(C)c(C)c5C)=C(C)C(C)=C(C)C34)C2C(C)=C1C.CCC(C)(C)CC. The molecule has 4 aliphatic rings. The van der Waals surface area contributed by atoms with E-state index >= 15 is 0 Å². The summed E-state index contributed by atoms with van der Waals surface area (Å²) in [6, 6.07) is 0. The molecule has 4 aliphatic carbocycles. The van der Waals surface area contributed by atoms with E-state index in [0.717, 1.165) is 0 Å². The summed E-state index contributed by atoms with van der Waals surface area (Å²) < 4.78 is 0. The lowest BCUT2D eigenvalue weighted by Crippen LogP contribution is -2.30. The molecule has 2 aromatic rings. The van der Waals surface area contributed by atoms with Crippen LogP contribution >= 0.6 is 0 Å². The van der Waals surface area contributed by atoms with Crippen molar-refractivity contribution >= 4 is 11.1 Å². The van der Waals surface area contributed by atoms with Crippen LogP contribution in [0.3, 0.4) is 0 Å². The highest BCUT2D eigenvalue weighted by atomic mass is 14.6. The monoisotopic (exact) mass is 785 g/mol. The second kappa shape index (κ2) is 16.7. The highest BCUT2D eigenvalue weighted by Gasteiger charge is 2.56. The smallest absolute Gasteiger partial charge is 0.00563 e. The molecule has 0 spiro atoms. The molecule has 58 heavy (non-hydrogen) atoms. The van der Waals surface area contributed by atoms with Gasteiger partial charge in [-0.1, -0.05) is 79.4 Å². The van der Waals surface area contributed by atoms with Crippen molar-refractivity contribution in [1.82, 2.24) is 0 Å². The van der Waals surface area contributed by atoms with Gasteiger partial charge in [-0.05, 0) is 282 Å². The summed E-state index contributed by atoms with van der Waals surface area (Å²) in [5, 5.41) is 0. The maximum absolute atomic E-state index is 2.64. The van der Waals surface area contributed by atoms with Crippen molar-refractivity contribution in [1.29, 1.82) is 0 Å². The van der Waals surface area contributed by atoms with Crippen molar-refractivity contribution < 1.29 is 0 Å². The maximum Gasteiger partial charge on any atom is -0.00563 e. The molecule has 0 saturated heterocycles. The van der Waals surface area contributed by atoms with E-state index in [0.29, 0.717) is 64.6 Å². The summed E-state index contributed by atoms with van der Waals surface area (Å²) in [4.78, 5) is 0. The minimum atomic E-state index is 0.583. The van der Waals surface area contributed by atoms with Crippen LogP contribution in [0.4, 0.5) is 0 Å². The van der Waals surface area contributed by atoms with Crippen molar-refractivity contribution in [3.05, 3.63) is 100 Å². The minimum absolute atomic E-state index is 0.583. The van der Waals surface area contributed by atoms with Crippen LogP contribution in [-0.2, 0) is 0 Å². The quantitative estimate of drug-likeness (QED) is 0.274. The second-order valence-electron chi connectivity index (χ2n) is 21.7. The zero-order chi connectivity index (χ0) is 43.9. The fourth-order valence-electron chi connectivity index (χ4n) is 13.1. The predicted molar refractivity (Wildman–Crippen MR) is 259 cm³/mol. The lowest BCUT2D eigenvalue weighted by Gasteiger charge is -2.41. The van der Waals surface area contributed by atoms with E-state index < -0.39 is 0 Å². The van der Waals surface area contributed by atoms with E-state index in [2.05, 4.69) is 166 Å². The molecule has 320 valence electrons. The average Bonchev–Trinajstić information content (AvgIpc) is 3.59. The lowest BCUT2D eigenvalue weighted by molar-refractivity contribution is 0.204. The molecule has 2 fully saturated rings. The molecule has 0 aliphatic heterocycles. The summed E-state index contributed by atoms with van der Waals surface area (Å²) in [6.07, 6.45) is 3.94. The Kier molecular flexibility index (Phi) is 13.4. The Balaban J connectivity index is 0.000000839. The summed E-state index contributed by atoms with van der Waals surface area (Å²) in [7, 11) is 0. The Morgan fingerprint density at radius 1 is 0.345 bits per heavy atom. The molecule has 10 atom stereocenters. The molecule has 0 radical (unpaired) electrons. The molecule has 0 aromatic heterocycles. The topological polar surface area (TPSA) is 0 Å². The third-order valence-corrected chi connectivity index (χ3v) is 19.6. The zero-order valence-electron chi connectivity index (χ0n) is 42.4. The number of hydrogen-bond acceptors (Lipinski definition) is 0. The molecule has 6 rings (SSSR count). The number of hydrogen-bond donors (Lipinski definition) is 0. The van der Waals surface area contributed by atoms with Gasteiger partial charge in [0.1, 0.15) is 0 Å². The third-order valence-electron chi connectivity index (χ3n) is 19.6. The van der Waals surface area contributed by atoms with E-state index in [1.54, 1.807) is 55.7 Å². The molecule has 2 saturated carbocycles. The van der Waals surface area contributed by atoms with Gasteiger partial charge in [0.25, 0.3) is 0 Å². The highest BCUT2D eigenvalue weighted by Crippen LogP contribution is 2.65. The zero-order valence-corrected chi connectivity index (χ0v) is 42.4. The molecule has 0 N–H and O–H groups in total. The maximum atomic E-state index is 2.64. The largest absolute Gasteiger partial charge is 0.0661 e. The molecule has 0 amide bonds. The summed E-state index contributed by atoms with van der Waals surface area (Å²) in [6.45, 7) is 58.2. The average molecular weight is 785 g/mol. The van der Waals surface area contributed by atoms with E-state index in [9.17, 15) is 0 Å². The van der Waals surface area contributed by atoms with Gasteiger partial charge in [-0.15, -0.1) is 0 Å². The van der Waals surface area contributed by atoms with Crippen molar-refractivity contribution in [3.8, 4) is 0 Å². The first kappa shape index (κ1) is 46.5. The van der Waals surface area contributed by atoms with E-state index in [1.165, 1.54) is 74.9 Å². The van der Waals surface area contributed by atoms with Crippen molar-refractivity contribution in [2.45, 2.75) is 185 Å². The molecule has 10 unspecified atom stereocenters. The third kappa shape index (κ3) is 7.13. The number of rotatable bonds is 6. The van der Waals surface area contributed by atoms with Crippen LogP contribution in [0.5, 0.6) is 0 Å². The van der Waals surface area contributed by atoms with Gasteiger partial charge in [0, 0.05) is 0 Å². The standard InChI is InChI=1S/C51H72.C7H16/c1-22-24(3)32(11)44(33(12)25(22)4)48-38(17)28(7)36(15)46-42(30(9)40(19)50(46)48)21-43-31(10)41(20)51-47(43)37(16)29(8)39(18)49(51)45-34(13)26(5)23(2)27(6)35(45)14;1-5-7(3,4)6-2/h30-31,40-43,46-47,50-51H,21H2,1-20H3;5-6H2,1-4H3. The van der Waals surface area contributed by atoms with Gasteiger partial charge in [-0.3, -0.25) is 0 Å². The van der Waals surface area contributed by atoms with Crippen molar-refractivity contribution in [2.24, 2.45) is 64.6 Å². The minimum Gasteiger partial charge on any atom is -0.0661 e. The molecular weight excluding hydrogens is 697 g/mol. The second-order valence-corrected chi connectivity index (χ2v) is 21.7. The van der Waals surface area contributed by atoms with Crippen LogP contribution in [0.2, 0.25) is 0 Å². The Morgan fingerprint density at radius 3 is 0.845 bits per heavy atom. The van der Waals surface area contributed by atoms with Crippen LogP contribution in [0, 0.1) is 134 Å². The summed E-state index contributed by atoms with van der Waals surface area (Å²) in [5.41, 5.74) is 31.7. The Morgan fingerprint density at radius 2 is 0.603 bits per heavy atom. The molecule has 0 nitrogen and oxygen atoms in total. The van der Waals surface area contributed by atoms with Crippen LogP contribution in [0.15, 0.2) is 33.4 Å². The number of allylic oxidation sites excluding steroid dienone is 8. The van der Waals surface area contributed by atoms with Gasteiger partial charge in [-0.25, -0.2) is 0 Å². The van der Waals surface area contributed by atoms with Crippen LogP contribution in [0.25, 0.3) is 11.1 Å². The summed E-state index contributed by atoms with van der Waals surface area (Å²) >= 11 is 0. The fraction of sp³-hybridized carbons (Fsp3) is 0.655. The van der Waals surface area contributed by atoms with Gasteiger partial charge in [-0.2, -0.15) is 0 Å². The molecular formula is C58H88. The fourth-order valence-corrected chi connectivity index (χ4v) is 13.1. The van der Waals surface area contributed by atoms with E-state index in [4.69, 9.17) is 0 Å². The number of fused-ring (bicyclic) bond motifs is 2. The van der Waals surface area contributed by atoms with E-state index in [1.807, 2.05) is 0 Å². The van der Waals surface area contributed by atoms with Crippen LogP contribution in [0.1, 0.15) is 183 Å². The van der Waals surface area contributed by atoms with Gasteiger partial charge in [0.2, 0.25) is 0 Å². The first-order valence-corrected chi connectivity index (χ1v) is 23.7. The molecule has 0 heteroatoms. The first-order chi connectivity index (χ1) is 26.8. The van der Waals surface area contributed by atoms with Crippen LogP contribution < -0.4 is 0 Å². The van der Waals surface area contributed by atoms with Crippen molar-refractivity contribution in [3.63, 3.8) is 0 Å². The highest BCUT2D eigenvalue weighted by molar-refractivity contribution is 5.83. The van der Waals surface area contributed by atoms with Gasteiger partial charge in [0.15, 0.2) is 0 Å². The van der Waals surface area contributed by atoms with Gasteiger partial charge < -0.3 is 0 Å². The van der Waals surface area contributed by atoms with Crippen molar-refractivity contribution in [2.75, 3.05) is 0 Å². The Bertz CT molecular complexity index is 1890. The van der Waals surface area contributed by atoms with Gasteiger partial charge >= 0.3 is 0 Å². The molecule has 0 bridgehead atoms. The first-order valence-electron chi connectivity index (χ1n) is 23.7. The normalized spacial score (nSPS) is 30.0. The van der Waals surface area contributed by atoms with Gasteiger partial charge in [0.05, 0.1) is 0 Å². The predicted octanol–water partition coefficient (Wildman–Crippen LogP) is 17.2.